The second-order valence-electron chi connectivity index (χ2n) is 1.78. The third-order valence-corrected chi connectivity index (χ3v) is 1.05. The van der Waals surface area contributed by atoms with Gasteiger partial charge in [-0.1, -0.05) is 11.8 Å². The molecule has 4 nitrogen and oxygen atoms in total. The molecule has 56 valence electrons. The Morgan fingerprint density at radius 1 is 1.64 bits per heavy atom. The highest BCUT2D eigenvalue weighted by Crippen LogP contribution is 2.00. The SMILES string of the molecule is Nc1ncncc1C#CCO. The number of nitrogen functional groups attached to an aromatic ring is 1. The molecule has 0 aliphatic carbocycles. The van der Waals surface area contributed by atoms with Crippen LogP contribution in [-0.2, 0) is 0 Å². The molecule has 0 aliphatic heterocycles. The molecule has 1 aromatic heterocycles. The predicted octanol–water partition coefficient (Wildman–Crippen LogP) is -0.597. The van der Waals surface area contributed by atoms with Crippen LogP contribution in [0, 0.1) is 11.8 Å². The van der Waals surface area contributed by atoms with Crippen molar-refractivity contribution in [1.29, 1.82) is 0 Å². The van der Waals surface area contributed by atoms with Gasteiger partial charge in [0.25, 0.3) is 0 Å². The summed E-state index contributed by atoms with van der Waals surface area (Å²) in [6, 6.07) is 0. The van der Waals surface area contributed by atoms with Gasteiger partial charge in [0.05, 0.1) is 5.56 Å². The first-order valence-electron chi connectivity index (χ1n) is 3.00. The molecule has 1 rings (SSSR count). The Bertz CT molecular complexity index is 300. The molecule has 0 radical (unpaired) electrons. The summed E-state index contributed by atoms with van der Waals surface area (Å²) in [5.74, 6) is 5.40. The average Bonchev–Trinajstić information content (AvgIpc) is 2.03. The Kier molecular flexibility index (Phi) is 2.42. The lowest BCUT2D eigenvalue weighted by Gasteiger charge is -1.92. The van der Waals surface area contributed by atoms with Gasteiger partial charge in [0.2, 0.25) is 0 Å². The third kappa shape index (κ3) is 1.92. The van der Waals surface area contributed by atoms with Crippen molar-refractivity contribution in [2.24, 2.45) is 0 Å². The number of nitrogens with two attached hydrogens (primary N) is 1. The summed E-state index contributed by atoms with van der Waals surface area (Å²) in [4.78, 5) is 7.44. The van der Waals surface area contributed by atoms with Gasteiger partial charge in [0.15, 0.2) is 0 Å². The zero-order chi connectivity index (χ0) is 8.10. The first-order valence-corrected chi connectivity index (χ1v) is 3.00. The highest BCUT2D eigenvalue weighted by Gasteiger charge is 1.92. The summed E-state index contributed by atoms with van der Waals surface area (Å²) in [6.45, 7) is -0.186. The smallest absolute Gasteiger partial charge is 0.142 e. The lowest BCUT2D eigenvalue weighted by molar-refractivity contribution is 0.350. The second-order valence-corrected chi connectivity index (χ2v) is 1.78. The van der Waals surface area contributed by atoms with E-state index in [0.29, 0.717) is 11.4 Å². The summed E-state index contributed by atoms with van der Waals surface area (Å²) >= 11 is 0. The van der Waals surface area contributed by atoms with Crippen LogP contribution in [0.5, 0.6) is 0 Å². The lowest BCUT2D eigenvalue weighted by Crippen LogP contribution is -1.94. The van der Waals surface area contributed by atoms with Crippen LogP contribution in [0.15, 0.2) is 12.5 Å². The van der Waals surface area contributed by atoms with E-state index in [1.807, 2.05) is 0 Å². The van der Waals surface area contributed by atoms with Crippen LogP contribution in [0.3, 0.4) is 0 Å². The minimum atomic E-state index is -0.186. The highest BCUT2D eigenvalue weighted by atomic mass is 16.2. The van der Waals surface area contributed by atoms with Crippen LogP contribution in [0.4, 0.5) is 5.82 Å². The van der Waals surface area contributed by atoms with Crippen molar-refractivity contribution in [3.63, 3.8) is 0 Å². The van der Waals surface area contributed by atoms with Gasteiger partial charge in [-0.2, -0.15) is 0 Å². The van der Waals surface area contributed by atoms with Crippen molar-refractivity contribution in [3.05, 3.63) is 18.1 Å². The van der Waals surface area contributed by atoms with Gasteiger partial charge in [0, 0.05) is 6.20 Å². The molecule has 0 saturated heterocycles. The molecule has 11 heavy (non-hydrogen) atoms. The molecule has 1 heterocycles. The number of rotatable bonds is 0. The molecule has 0 bridgehead atoms. The van der Waals surface area contributed by atoms with E-state index in [9.17, 15) is 0 Å². The molecule has 1 aromatic rings. The minimum Gasteiger partial charge on any atom is -0.384 e. The molecule has 0 fully saturated rings. The molecule has 3 N–H and O–H groups in total. The Morgan fingerprint density at radius 3 is 3.09 bits per heavy atom. The van der Waals surface area contributed by atoms with Gasteiger partial charge in [-0.3, -0.25) is 0 Å². The standard InChI is InChI=1S/C7H7N3O/c8-7-6(2-1-3-11)4-9-5-10-7/h4-5,11H,3H2,(H2,8,9,10). The number of aromatic nitrogens is 2. The topological polar surface area (TPSA) is 72.0 Å². The normalized spacial score (nSPS) is 8.45. The first-order chi connectivity index (χ1) is 5.34. The quantitative estimate of drug-likeness (QED) is 0.483. The van der Waals surface area contributed by atoms with Crippen LogP contribution >= 0.6 is 0 Å². The van der Waals surface area contributed by atoms with E-state index >= 15 is 0 Å². The van der Waals surface area contributed by atoms with Gasteiger partial charge < -0.3 is 10.8 Å². The number of anilines is 1. The molecule has 0 saturated carbocycles. The van der Waals surface area contributed by atoms with Gasteiger partial charge in [-0.15, -0.1) is 0 Å². The number of hydrogen-bond acceptors (Lipinski definition) is 4. The largest absolute Gasteiger partial charge is 0.384 e. The van der Waals surface area contributed by atoms with E-state index in [1.54, 1.807) is 0 Å². The fourth-order valence-corrected chi connectivity index (χ4v) is 0.570. The molecule has 4 heteroatoms. The summed E-state index contributed by atoms with van der Waals surface area (Å²) < 4.78 is 0. The maximum Gasteiger partial charge on any atom is 0.142 e. The number of aliphatic hydroxyl groups excluding tert-OH is 1. The van der Waals surface area contributed by atoms with Crippen molar-refractivity contribution in [3.8, 4) is 11.8 Å². The van der Waals surface area contributed by atoms with Crippen molar-refractivity contribution < 1.29 is 5.11 Å². The zero-order valence-corrected chi connectivity index (χ0v) is 5.78. The third-order valence-electron chi connectivity index (χ3n) is 1.05. The molecule has 0 amide bonds. The van der Waals surface area contributed by atoms with Crippen LogP contribution in [-0.4, -0.2) is 21.7 Å². The van der Waals surface area contributed by atoms with Crippen molar-refractivity contribution >= 4 is 5.82 Å². The van der Waals surface area contributed by atoms with Crippen LogP contribution < -0.4 is 5.73 Å². The van der Waals surface area contributed by atoms with Crippen molar-refractivity contribution in [2.45, 2.75) is 0 Å². The van der Waals surface area contributed by atoms with Gasteiger partial charge in [-0.05, 0) is 0 Å². The van der Waals surface area contributed by atoms with E-state index in [0.717, 1.165) is 0 Å². The Labute approximate surface area is 64.1 Å². The lowest BCUT2D eigenvalue weighted by atomic mass is 10.3. The van der Waals surface area contributed by atoms with Crippen LogP contribution in [0.25, 0.3) is 0 Å². The first kappa shape index (κ1) is 7.51. The molecular weight excluding hydrogens is 142 g/mol. The summed E-state index contributed by atoms with van der Waals surface area (Å²) in [7, 11) is 0. The van der Waals surface area contributed by atoms with Crippen LogP contribution in [0.1, 0.15) is 5.56 Å². The van der Waals surface area contributed by atoms with E-state index in [4.69, 9.17) is 10.8 Å². The zero-order valence-electron chi connectivity index (χ0n) is 5.78. The summed E-state index contributed by atoms with van der Waals surface area (Å²) in [6.07, 6.45) is 2.85. The Morgan fingerprint density at radius 2 is 2.45 bits per heavy atom. The predicted molar refractivity (Wildman–Crippen MR) is 40.4 cm³/mol. The van der Waals surface area contributed by atoms with E-state index in [1.165, 1.54) is 12.5 Å². The minimum absolute atomic E-state index is 0.186. The van der Waals surface area contributed by atoms with Crippen molar-refractivity contribution in [2.75, 3.05) is 12.3 Å². The Balaban J connectivity index is 2.95. The van der Waals surface area contributed by atoms with E-state index in [2.05, 4.69) is 21.8 Å². The fraction of sp³-hybridized carbons (Fsp3) is 0.143. The molecule has 0 aliphatic rings. The maximum absolute atomic E-state index is 8.36. The summed E-state index contributed by atoms with van der Waals surface area (Å²) in [5.41, 5.74) is 5.97. The van der Waals surface area contributed by atoms with E-state index in [-0.39, 0.29) is 6.61 Å². The van der Waals surface area contributed by atoms with Gasteiger partial charge >= 0.3 is 0 Å². The number of hydrogen-bond donors (Lipinski definition) is 2. The summed E-state index contributed by atoms with van der Waals surface area (Å²) in [5, 5.41) is 8.36. The molecule has 0 atom stereocenters. The second kappa shape index (κ2) is 3.54. The monoisotopic (exact) mass is 149 g/mol. The van der Waals surface area contributed by atoms with Crippen molar-refractivity contribution in [1.82, 2.24) is 9.97 Å². The molecule has 0 aromatic carbocycles. The van der Waals surface area contributed by atoms with E-state index < -0.39 is 0 Å². The molecule has 0 unspecified atom stereocenters. The Hall–Kier alpha value is -1.60. The molecular formula is C7H7N3O. The molecule has 0 spiro atoms. The van der Waals surface area contributed by atoms with Gasteiger partial charge in [0.1, 0.15) is 18.8 Å². The maximum atomic E-state index is 8.36. The fourth-order valence-electron chi connectivity index (χ4n) is 0.570. The highest BCUT2D eigenvalue weighted by molar-refractivity contribution is 5.48. The van der Waals surface area contributed by atoms with Gasteiger partial charge in [-0.25, -0.2) is 9.97 Å². The number of nitrogens with zero attached hydrogens (tertiary/aromatic N) is 2. The van der Waals surface area contributed by atoms with Crippen LogP contribution in [0.2, 0.25) is 0 Å². The average molecular weight is 149 g/mol. The number of aliphatic hydroxyl groups is 1.